The van der Waals surface area contributed by atoms with Gasteiger partial charge >= 0.3 is 0 Å². The van der Waals surface area contributed by atoms with E-state index in [1.54, 1.807) is 0 Å². The first-order chi connectivity index (χ1) is 24.3. The lowest BCUT2D eigenvalue weighted by molar-refractivity contribution is 0.879. The second-order valence-electron chi connectivity index (χ2n) is 12.0. The van der Waals surface area contributed by atoms with Crippen LogP contribution >= 0.6 is 11.3 Å². The molecule has 0 saturated heterocycles. The van der Waals surface area contributed by atoms with E-state index in [1.165, 1.54) is 36.9 Å². The van der Waals surface area contributed by atoms with E-state index >= 15 is 0 Å². The van der Waals surface area contributed by atoms with Gasteiger partial charge in [0.1, 0.15) is 11.4 Å². The molecule has 0 radical (unpaired) electrons. The molecule has 0 unspecified atom stereocenters. The molecular weight excluding hydrogens is 615 g/mol. The lowest BCUT2D eigenvalue weighted by Gasteiger charge is -2.21. The van der Waals surface area contributed by atoms with Gasteiger partial charge in [0.25, 0.3) is 0 Å². The summed E-state index contributed by atoms with van der Waals surface area (Å²) in [6, 6.07) is 62.1. The van der Waals surface area contributed by atoms with Crippen LogP contribution < -0.4 is 0 Å². The average molecular weight is 644 g/mol. The van der Waals surface area contributed by atoms with Gasteiger partial charge in [-0.2, -0.15) is 0 Å². The summed E-state index contributed by atoms with van der Waals surface area (Å²) in [6.07, 6.45) is 0. The number of thiophene rings is 1. The summed E-state index contributed by atoms with van der Waals surface area (Å²) in [7, 11) is 0. The molecule has 49 heavy (non-hydrogen) atoms. The van der Waals surface area contributed by atoms with Gasteiger partial charge in [0.15, 0.2) is 0 Å². The van der Waals surface area contributed by atoms with E-state index in [2.05, 4.69) is 157 Å². The van der Waals surface area contributed by atoms with Crippen LogP contribution in [0.25, 0.3) is 87.2 Å². The Kier molecular flexibility index (Phi) is 7.34. The molecule has 9 rings (SSSR count). The molecule has 0 amide bonds. The normalized spacial score (nSPS) is 11.3. The Labute approximate surface area is 288 Å². The van der Waals surface area contributed by atoms with Crippen LogP contribution in [0.4, 0.5) is 0 Å². The van der Waals surface area contributed by atoms with Crippen LogP contribution in [0.3, 0.4) is 0 Å². The zero-order chi connectivity index (χ0) is 32.6. The summed E-state index contributed by atoms with van der Waals surface area (Å²) in [5.41, 5.74) is 12.4. The van der Waals surface area contributed by atoms with Crippen molar-refractivity contribution in [3.05, 3.63) is 176 Å². The molecule has 0 saturated carbocycles. The molecule has 0 bridgehead atoms. The van der Waals surface area contributed by atoms with E-state index in [-0.39, 0.29) is 0 Å². The first-order valence-electron chi connectivity index (χ1n) is 16.4. The maximum Gasteiger partial charge on any atom is 0.106 e. The highest BCUT2D eigenvalue weighted by Crippen LogP contribution is 2.51. The minimum absolute atomic E-state index is 0.796. The van der Waals surface area contributed by atoms with Gasteiger partial charge in [0.05, 0.1) is 0 Å². The van der Waals surface area contributed by atoms with E-state index < -0.39 is 0 Å². The molecule has 0 N–H and O–H groups in total. The fourth-order valence-corrected chi connectivity index (χ4v) is 8.12. The molecule has 0 fully saturated rings. The molecule has 7 aromatic carbocycles. The number of benzene rings is 7. The Morgan fingerprint density at radius 1 is 0.327 bits per heavy atom. The predicted octanol–water partition coefficient (Wildman–Crippen LogP) is 12.2. The minimum atomic E-state index is 0.796. The smallest absolute Gasteiger partial charge is 0.106 e. The van der Waals surface area contributed by atoms with E-state index in [9.17, 15) is 0 Å². The topological polar surface area (TPSA) is 38.7 Å². The Hall–Kier alpha value is -6.23. The zero-order valence-electron chi connectivity index (χ0n) is 26.5. The lowest BCUT2D eigenvalue weighted by Crippen LogP contribution is -2.03. The Bertz CT molecular complexity index is 2580. The van der Waals surface area contributed by atoms with Crippen molar-refractivity contribution in [2.45, 2.75) is 0 Å². The third-order valence-electron chi connectivity index (χ3n) is 9.16. The largest absolute Gasteiger partial charge is 0.135 e. The van der Waals surface area contributed by atoms with Gasteiger partial charge in [-0.25, -0.2) is 0 Å². The fraction of sp³-hybridized carbons (Fsp3) is 0. The van der Waals surface area contributed by atoms with Gasteiger partial charge in [0, 0.05) is 36.9 Å². The molecule has 0 aliphatic carbocycles. The summed E-state index contributed by atoms with van der Waals surface area (Å²) in [5, 5.41) is 16.6. The van der Waals surface area contributed by atoms with E-state index in [0.29, 0.717) is 0 Å². The van der Waals surface area contributed by atoms with Crippen LogP contribution in [0.1, 0.15) is 0 Å². The molecule has 0 spiro atoms. The molecule has 0 aliphatic heterocycles. The van der Waals surface area contributed by atoms with Crippen molar-refractivity contribution < 1.29 is 0 Å². The van der Waals surface area contributed by atoms with Crippen LogP contribution in [0, 0.1) is 0 Å². The van der Waals surface area contributed by atoms with Gasteiger partial charge in [-0.1, -0.05) is 164 Å². The van der Waals surface area contributed by atoms with Gasteiger partial charge in [-0.15, -0.1) is 21.5 Å². The highest BCUT2D eigenvalue weighted by molar-refractivity contribution is 7.26. The summed E-state index contributed by atoms with van der Waals surface area (Å²) < 4.78 is 2.52. The van der Waals surface area contributed by atoms with Crippen molar-refractivity contribution in [1.29, 1.82) is 0 Å². The standard InChI is InChI=1S/C45H29N3S/c1-5-16-30(17-6-1)34-25-15-26-37(41-35(31-18-7-2-8-19-31)28-29-39-43(41)36-24-13-14-27-38(36)49-39)42(34)45-40(32-20-9-3-10-21-32)44(46-48-47-45)33-22-11-4-12-23-33/h1-29H. The predicted molar refractivity (Wildman–Crippen MR) is 205 cm³/mol. The quantitative estimate of drug-likeness (QED) is 0.181. The number of aromatic nitrogens is 3. The van der Waals surface area contributed by atoms with Crippen LogP contribution in [0.15, 0.2) is 176 Å². The maximum atomic E-state index is 4.96. The molecule has 4 heteroatoms. The van der Waals surface area contributed by atoms with E-state index in [4.69, 9.17) is 10.2 Å². The highest BCUT2D eigenvalue weighted by Gasteiger charge is 2.26. The second-order valence-corrected chi connectivity index (χ2v) is 13.1. The van der Waals surface area contributed by atoms with Gasteiger partial charge in [-0.05, 0) is 56.3 Å². The van der Waals surface area contributed by atoms with Crippen molar-refractivity contribution in [3.63, 3.8) is 0 Å². The minimum Gasteiger partial charge on any atom is -0.135 e. The maximum absolute atomic E-state index is 4.96. The second kappa shape index (κ2) is 12.4. The fourth-order valence-electron chi connectivity index (χ4n) is 7.00. The number of nitrogens with zero attached hydrogens (tertiary/aromatic N) is 3. The summed E-state index contributed by atoms with van der Waals surface area (Å²) >= 11 is 1.84. The van der Waals surface area contributed by atoms with Crippen LogP contribution in [-0.4, -0.2) is 15.4 Å². The van der Waals surface area contributed by atoms with Crippen LogP contribution in [-0.2, 0) is 0 Å². The number of hydrogen-bond donors (Lipinski definition) is 0. The molecular formula is C45H29N3S. The van der Waals surface area contributed by atoms with Crippen molar-refractivity contribution >= 4 is 31.5 Å². The van der Waals surface area contributed by atoms with Crippen LogP contribution in [0.5, 0.6) is 0 Å². The van der Waals surface area contributed by atoms with Gasteiger partial charge in [-0.3, -0.25) is 0 Å². The van der Waals surface area contributed by atoms with Crippen molar-refractivity contribution in [2.75, 3.05) is 0 Å². The molecule has 2 aromatic heterocycles. The van der Waals surface area contributed by atoms with Gasteiger partial charge < -0.3 is 0 Å². The molecule has 9 aromatic rings. The Morgan fingerprint density at radius 3 is 1.53 bits per heavy atom. The molecule has 0 atom stereocenters. The third-order valence-corrected chi connectivity index (χ3v) is 10.3. The molecule has 230 valence electrons. The SMILES string of the molecule is c1ccc(-c2cccc(-c3c(-c4ccccc4)ccc4sc5ccccc5c34)c2-c2nnnc(-c3ccccc3)c2-c2ccccc2)cc1. The van der Waals surface area contributed by atoms with Crippen LogP contribution in [0.2, 0.25) is 0 Å². The van der Waals surface area contributed by atoms with Crippen molar-refractivity contribution in [2.24, 2.45) is 0 Å². The van der Waals surface area contributed by atoms with Gasteiger partial charge in [0.2, 0.25) is 0 Å². The first-order valence-corrected chi connectivity index (χ1v) is 17.2. The number of hydrogen-bond acceptors (Lipinski definition) is 4. The zero-order valence-corrected chi connectivity index (χ0v) is 27.3. The highest BCUT2D eigenvalue weighted by atomic mass is 32.1. The summed E-state index contributed by atoms with van der Waals surface area (Å²) in [4.78, 5) is 0. The number of fused-ring (bicyclic) bond motifs is 3. The molecule has 0 aliphatic rings. The Balaban J connectivity index is 1.47. The first kappa shape index (κ1) is 29.0. The third kappa shape index (κ3) is 5.10. The summed E-state index contributed by atoms with van der Waals surface area (Å²) in [5.74, 6) is 0. The summed E-state index contributed by atoms with van der Waals surface area (Å²) in [6.45, 7) is 0. The average Bonchev–Trinajstić information content (AvgIpc) is 3.57. The Morgan fingerprint density at radius 2 is 0.857 bits per heavy atom. The monoisotopic (exact) mass is 643 g/mol. The van der Waals surface area contributed by atoms with Crippen molar-refractivity contribution in [1.82, 2.24) is 15.4 Å². The molecule has 3 nitrogen and oxygen atoms in total. The van der Waals surface area contributed by atoms with Crippen molar-refractivity contribution in [3.8, 4) is 67.0 Å². The number of rotatable bonds is 6. The van der Waals surface area contributed by atoms with E-state index in [0.717, 1.165) is 50.3 Å². The molecule has 2 heterocycles. The van der Waals surface area contributed by atoms with E-state index in [1.807, 2.05) is 35.6 Å². The lowest BCUT2D eigenvalue weighted by atomic mass is 9.82.